The summed E-state index contributed by atoms with van der Waals surface area (Å²) in [6.45, 7) is 0. The molecule has 0 bridgehead atoms. The average molecular weight is 400 g/mol. The lowest BCUT2D eigenvalue weighted by Gasteiger charge is -2.07. The van der Waals surface area contributed by atoms with E-state index in [1.165, 1.54) is 0 Å². The molecule has 4 nitrogen and oxygen atoms in total. The highest BCUT2D eigenvalue weighted by atomic mass is 16.5. The number of allylic oxidation sites excluding steroid dienone is 1. The minimum atomic E-state index is -0.0493. The standard InChI is InChI=1S/C26H24O4/c1-28-23-13-11-21(12-14-23)25(27)16-9-20-6-4-19(5-7-20)8-10-22-18-24(29-2)15-17-26(22)30-3/h4-18H,1-3H3/b10-8+,16-9+. The first kappa shape index (κ1) is 20.9. The minimum absolute atomic E-state index is 0.0493. The molecule has 3 rings (SSSR count). The molecule has 0 aliphatic rings. The van der Waals surface area contributed by atoms with E-state index in [9.17, 15) is 4.79 Å². The van der Waals surface area contributed by atoms with Crippen molar-refractivity contribution >= 4 is 24.0 Å². The Bertz CT molecular complexity index is 1050. The van der Waals surface area contributed by atoms with Crippen molar-refractivity contribution in [3.8, 4) is 17.2 Å². The Labute approximate surface area is 177 Å². The number of ketones is 1. The first-order chi connectivity index (χ1) is 14.6. The molecule has 0 spiro atoms. The second-order valence-electron chi connectivity index (χ2n) is 6.53. The Morgan fingerprint density at radius 3 is 1.87 bits per heavy atom. The van der Waals surface area contributed by atoms with Crippen molar-refractivity contribution in [2.45, 2.75) is 0 Å². The van der Waals surface area contributed by atoms with E-state index in [0.29, 0.717) is 5.56 Å². The van der Waals surface area contributed by atoms with Crippen LogP contribution in [-0.2, 0) is 0 Å². The normalized spacial score (nSPS) is 11.0. The zero-order valence-electron chi connectivity index (χ0n) is 17.3. The SMILES string of the molecule is COc1ccc(C(=O)/C=C/c2ccc(/C=C/c3cc(OC)ccc3OC)cc2)cc1. The van der Waals surface area contributed by atoms with Crippen LogP contribution in [0.25, 0.3) is 18.2 Å². The van der Waals surface area contributed by atoms with Crippen molar-refractivity contribution in [3.63, 3.8) is 0 Å². The minimum Gasteiger partial charge on any atom is -0.497 e. The van der Waals surface area contributed by atoms with Crippen LogP contribution in [-0.4, -0.2) is 27.1 Å². The van der Waals surface area contributed by atoms with Gasteiger partial charge >= 0.3 is 0 Å². The van der Waals surface area contributed by atoms with Crippen LogP contribution in [0.2, 0.25) is 0 Å². The predicted octanol–water partition coefficient (Wildman–Crippen LogP) is 5.78. The summed E-state index contributed by atoms with van der Waals surface area (Å²) in [5.41, 5.74) is 3.55. The fourth-order valence-corrected chi connectivity index (χ4v) is 2.90. The maximum Gasteiger partial charge on any atom is 0.185 e. The maximum absolute atomic E-state index is 12.3. The number of carbonyl (C=O) groups excluding carboxylic acids is 1. The monoisotopic (exact) mass is 400 g/mol. The van der Waals surface area contributed by atoms with Crippen molar-refractivity contribution in [2.24, 2.45) is 0 Å². The van der Waals surface area contributed by atoms with Crippen LogP contribution in [0.1, 0.15) is 27.0 Å². The molecule has 0 amide bonds. The molecule has 0 unspecified atom stereocenters. The summed E-state index contributed by atoms with van der Waals surface area (Å²) in [5.74, 6) is 2.23. The van der Waals surface area contributed by atoms with Crippen LogP contribution in [0.15, 0.2) is 72.8 Å². The fraction of sp³-hybridized carbons (Fsp3) is 0.115. The lowest BCUT2D eigenvalue weighted by molar-refractivity contribution is 0.104. The van der Waals surface area contributed by atoms with Crippen molar-refractivity contribution in [2.75, 3.05) is 21.3 Å². The molecule has 0 saturated heterocycles. The quantitative estimate of drug-likeness (QED) is 0.273. The van der Waals surface area contributed by atoms with E-state index in [2.05, 4.69) is 0 Å². The van der Waals surface area contributed by atoms with Crippen LogP contribution in [0.3, 0.4) is 0 Å². The average Bonchev–Trinajstić information content (AvgIpc) is 2.81. The number of rotatable bonds is 8. The molecule has 0 aliphatic heterocycles. The van der Waals surface area contributed by atoms with E-state index in [1.807, 2.05) is 60.7 Å². The topological polar surface area (TPSA) is 44.8 Å². The summed E-state index contributed by atoms with van der Waals surface area (Å²) in [4.78, 5) is 12.3. The number of hydrogen-bond acceptors (Lipinski definition) is 4. The van der Waals surface area contributed by atoms with E-state index in [1.54, 1.807) is 51.7 Å². The Balaban J connectivity index is 1.68. The maximum atomic E-state index is 12.3. The van der Waals surface area contributed by atoms with Crippen LogP contribution in [0.5, 0.6) is 17.2 Å². The Morgan fingerprint density at radius 2 is 1.27 bits per heavy atom. The van der Waals surface area contributed by atoms with Crippen molar-refractivity contribution in [1.29, 1.82) is 0 Å². The third kappa shape index (κ3) is 5.39. The van der Waals surface area contributed by atoms with Gasteiger partial charge in [-0.2, -0.15) is 0 Å². The second-order valence-corrected chi connectivity index (χ2v) is 6.53. The first-order valence-electron chi connectivity index (χ1n) is 9.49. The molecule has 0 aliphatic carbocycles. The van der Waals surface area contributed by atoms with Gasteiger partial charge in [-0.15, -0.1) is 0 Å². The van der Waals surface area contributed by atoms with E-state index in [4.69, 9.17) is 14.2 Å². The molecule has 0 N–H and O–H groups in total. The van der Waals surface area contributed by atoms with E-state index in [0.717, 1.165) is 33.9 Å². The molecule has 30 heavy (non-hydrogen) atoms. The second kappa shape index (κ2) is 10.1. The van der Waals surface area contributed by atoms with Crippen LogP contribution < -0.4 is 14.2 Å². The van der Waals surface area contributed by atoms with Gasteiger partial charge in [-0.05, 0) is 59.7 Å². The Kier molecular flexibility index (Phi) is 7.06. The molecule has 4 heteroatoms. The third-order valence-corrected chi connectivity index (χ3v) is 4.63. The molecular formula is C26H24O4. The van der Waals surface area contributed by atoms with Gasteiger partial charge in [-0.3, -0.25) is 4.79 Å². The molecule has 152 valence electrons. The van der Waals surface area contributed by atoms with Crippen LogP contribution in [0, 0.1) is 0 Å². The van der Waals surface area contributed by atoms with Crippen LogP contribution >= 0.6 is 0 Å². The molecule has 0 radical (unpaired) electrons. The van der Waals surface area contributed by atoms with E-state index in [-0.39, 0.29) is 5.78 Å². The van der Waals surface area contributed by atoms with E-state index < -0.39 is 0 Å². The molecule has 0 fully saturated rings. The number of hydrogen-bond donors (Lipinski definition) is 0. The number of ether oxygens (including phenoxy) is 3. The van der Waals surface area contributed by atoms with E-state index >= 15 is 0 Å². The summed E-state index contributed by atoms with van der Waals surface area (Å²) in [5, 5.41) is 0. The smallest absolute Gasteiger partial charge is 0.185 e. The zero-order chi connectivity index (χ0) is 21.3. The molecule has 3 aromatic carbocycles. The van der Waals surface area contributed by atoms with Crippen LogP contribution in [0.4, 0.5) is 0 Å². The molecule has 0 aromatic heterocycles. The van der Waals surface area contributed by atoms with Gasteiger partial charge in [0.15, 0.2) is 5.78 Å². The summed E-state index contributed by atoms with van der Waals surface area (Å²) < 4.78 is 15.8. The van der Waals surface area contributed by atoms with Gasteiger partial charge in [0.1, 0.15) is 17.2 Å². The molecular weight excluding hydrogens is 376 g/mol. The summed E-state index contributed by atoms with van der Waals surface area (Å²) >= 11 is 0. The molecule has 0 saturated carbocycles. The zero-order valence-corrected chi connectivity index (χ0v) is 17.3. The van der Waals surface area contributed by atoms with Gasteiger partial charge in [0.2, 0.25) is 0 Å². The lowest BCUT2D eigenvalue weighted by atomic mass is 10.1. The number of benzene rings is 3. The van der Waals surface area contributed by atoms with Gasteiger partial charge in [0, 0.05) is 11.1 Å². The van der Waals surface area contributed by atoms with Gasteiger partial charge in [-0.25, -0.2) is 0 Å². The van der Waals surface area contributed by atoms with Crippen molar-refractivity contribution in [1.82, 2.24) is 0 Å². The molecule has 3 aromatic rings. The van der Waals surface area contributed by atoms with Crippen molar-refractivity contribution < 1.29 is 19.0 Å². The highest BCUT2D eigenvalue weighted by Gasteiger charge is 2.03. The number of carbonyl (C=O) groups is 1. The van der Waals surface area contributed by atoms with Gasteiger partial charge in [-0.1, -0.05) is 42.5 Å². The van der Waals surface area contributed by atoms with Gasteiger partial charge in [0.05, 0.1) is 21.3 Å². The Hall–Kier alpha value is -3.79. The molecule has 0 atom stereocenters. The first-order valence-corrected chi connectivity index (χ1v) is 9.49. The largest absolute Gasteiger partial charge is 0.497 e. The fourth-order valence-electron chi connectivity index (χ4n) is 2.90. The Morgan fingerprint density at radius 1 is 0.667 bits per heavy atom. The number of methoxy groups -OCH3 is 3. The highest BCUT2D eigenvalue weighted by molar-refractivity contribution is 6.06. The van der Waals surface area contributed by atoms with Gasteiger partial charge in [0.25, 0.3) is 0 Å². The predicted molar refractivity (Wildman–Crippen MR) is 121 cm³/mol. The third-order valence-electron chi connectivity index (χ3n) is 4.63. The molecule has 0 heterocycles. The summed E-state index contributed by atoms with van der Waals surface area (Å²) in [7, 11) is 4.89. The highest BCUT2D eigenvalue weighted by Crippen LogP contribution is 2.26. The summed E-state index contributed by atoms with van der Waals surface area (Å²) in [6, 6.07) is 20.7. The van der Waals surface area contributed by atoms with Gasteiger partial charge < -0.3 is 14.2 Å². The lowest BCUT2D eigenvalue weighted by Crippen LogP contribution is -1.94. The summed E-state index contributed by atoms with van der Waals surface area (Å²) in [6.07, 6.45) is 7.38. The van der Waals surface area contributed by atoms with Crippen molar-refractivity contribution in [3.05, 3.63) is 95.1 Å².